The third kappa shape index (κ3) is 3.08. The Morgan fingerprint density at radius 2 is 1.88 bits per heavy atom. The van der Waals surface area contributed by atoms with Crippen LogP contribution >= 0.6 is 11.6 Å². The van der Waals surface area contributed by atoms with Crippen LogP contribution in [0.25, 0.3) is 17.4 Å². The largest absolute Gasteiger partial charge is 0.457 e. The highest BCUT2D eigenvalue weighted by Gasteiger charge is 2.02. The second-order valence-electron chi connectivity index (χ2n) is 3.65. The molecule has 2 rings (SSSR count). The first-order valence-corrected chi connectivity index (χ1v) is 5.57. The van der Waals surface area contributed by atoms with Gasteiger partial charge in [0.25, 0.3) is 0 Å². The molecule has 0 radical (unpaired) electrons. The molecule has 3 heteroatoms. The Morgan fingerprint density at radius 1 is 1.18 bits per heavy atom. The number of rotatable bonds is 3. The van der Waals surface area contributed by atoms with Gasteiger partial charge in [-0.1, -0.05) is 11.6 Å². The minimum absolute atomic E-state index is 0.00515. The van der Waals surface area contributed by atoms with Gasteiger partial charge in [-0.2, -0.15) is 0 Å². The van der Waals surface area contributed by atoms with Crippen LogP contribution in [-0.4, -0.2) is 5.78 Å². The first-order valence-electron chi connectivity index (χ1n) is 5.19. The highest BCUT2D eigenvalue weighted by Crippen LogP contribution is 2.24. The Kier molecular flexibility index (Phi) is 3.45. The first-order chi connectivity index (χ1) is 8.15. The Hall–Kier alpha value is -1.80. The van der Waals surface area contributed by atoms with Gasteiger partial charge in [0.2, 0.25) is 0 Å². The van der Waals surface area contributed by atoms with E-state index in [1.807, 2.05) is 36.4 Å². The van der Waals surface area contributed by atoms with Crippen LogP contribution in [-0.2, 0) is 4.79 Å². The van der Waals surface area contributed by atoms with Crippen molar-refractivity contribution in [3.63, 3.8) is 0 Å². The molecule has 1 aromatic carbocycles. The molecule has 0 aliphatic carbocycles. The maximum atomic E-state index is 10.8. The maximum absolute atomic E-state index is 10.8. The van der Waals surface area contributed by atoms with Gasteiger partial charge < -0.3 is 4.42 Å². The molecular formula is C14H11ClO2. The number of halogens is 1. The molecule has 0 spiro atoms. The molecule has 2 aromatic rings. The van der Waals surface area contributed by atoms with E-state index in [1.54, 1.807) is 6.08 Å². The molecule has 0 fully saturated rings. The fraction of sp³-hybridized carbons (Fsp3) is 0.0714. The summed E-state index contributed by atoms with van der Waals surface area (Å²) in [6.07, 6.45) is 3.13. The van der Waals surface area contributed by atoms with Crippen LogP contribution in [0.15, 0.2) is 46.9 Å². The lowest BCUT2D eigenvalue weighted by Crippen LogP contribution is -1.78. The van der Waals surface area contributed by atoms with Crippen molar-refractivity contribution in [2.24, 2.45) is 0 Å². The Balaban J connectivity index is 2.23. The molecule has 1 heterocycles. The summed E-state index contributed by atoms with van der Waals surface area (Å²) in [5.41, 5.74) is 0.955. The smallest absolute Gasteiger partial charge is 0.152 e. The van der Waals surface area contributed by atoms with Crippen LogP contribution in [0, 0.1) is 0 Å². The summed E-state index contributed by atoms with van der Waals surface area (Å²) in [5, 5.41) is 0.692. The SMILES string of the molecule is CC(=O)/C=C/c1ccc(-c2ccc(Cl)cc2)o1. The summed E-state index contributed by atoms with van der Waals surface area (Å²) in [5.74, 6) is 1.41. The van der Waals surface area contributed by atoms with Gasteiger partial charge in [0.05, 0.1) is 0 Å². The summed E-state index contributed by atoms with van der Waals surface area (Å²) >= 11 is 5.81. The second-order valence-corrected chi connectivity index (χ2v) is 4.09. The van der Waals surface area contributed by atoms with Crippen LogP contribution in [0.3, 0.4) is 0 Å². The number of carbonyl (C=O) groups excluding carboxylic acids is 1. The molecule has 1 aromatic heterocycles. The van der Waals surface area contributed by atoms with E-state index in [0.29, 0.717) is 10.8 Å². The van der Waals surface area contributed by atoms with Gasteiger partial charge in [-0.15, -0.1) is 0 Å². The van der Waals surface area contributed by atoms with E-state index in [0.717, 1.165) is 11.3 Å². The molecule has 0 N–H and O–H groups in total. The normalized spacial score (nSPS) is 10.9. The van der Waals surface area contributed by atoms with Crippen molar-refractivity contribution < 1.29 is 9.21 Å². The van der Waals surface area contributed by atoms with Crippen LogP contribution < -0.4 is 0 Å². The number of hydrogen-bond donors (Lipinski definition) is 0. The molecule has 86 valence electrons. The zero-order valence-electron chi connectivity index (χ0n) is 9.31. The first kappa shape index (κ1) is 11.7. The van der Waals surface area contributed by atoms with Gasteiger partial charge in [-0.3, -0.25) is 4.79 Å². The molecule has 0 aliphatic rings. The molecule has 2 nitrogen and oxygen atoms in total. The lowest BCUT2D eigenvalue weighted by Gasteiger charge is -1.96. The van der Waals surface area contributed by atoms with Crippen molar-refractivity contribution >= 4 is 23.5 Å². The molecule has 0 saturated carbocycles. The summed E-state index contributed by atoms with van der Waals surface area (Å²) in [7, 11) is 0. The molecule has 0 saturated heterocycles. The standard InChI is InChI=1S/C14H11ClO2/c1-10(16)2-7-13-8-9-14(17-13)11-3-5-12(15)6-4-11/h2-9H,1H3/b7-2+. The lowest BCUT2D eigenvalue weighted by molar-refractivity contribution is -0.112. The molecule has 0 atom stereocenters. The molecule has 0 unspecified atom stereocenters. The van der Waals surface area contributed by atoms with Gasteiger partial charge in [0.1, 0.15) is 11.5 Å². The third-order valence-corrected chi connectivity index (χ3v) is 2.49. The number of hydrogen-bond acceptors (Lipinski definition) is 2. The van der Waals surface area contributed by atoms with E-state index in [4.69, 9.17) is 16.0 Å². The second kappa shape index (κ2) is 5.02. The van der Waals surface area contributed by atoms with Crippen LogP contribution in [0.5, 0.6) is 0 Å². The minimum Gasteiger partial charge on any atom is -0.457 e. The molecule has 0 aliphatic heterocycles. The Labute approximate surface area is 105 Å². The van der Waals surface area contributed by atoms with E-state index < -0.39 is 0 Å². The Morgan fingerprint density at radius 3 is 2.53 bits per heavy atom. The average Bonchev–Trinajstić information content (AvgIpc) is 2.76. The third-order valence-electron chi connectivity index (χ3n) is 2.24. The number of furan rings is 1. The highest BCUT2D eigenvalue weighted by molar-refractivity contribution is 6.30. The molecule has 0 bridgehead atoms. The number of benzene rings is 1. The molecular weight excluding hydrogens is 236 g/mol. The monoisotopic (exact) mass is 246 g/mol. The van der Waals surface area contributed by atoms with E-state index in [9.17, 15) is 4.79 Å². The number of allylic oxidation sites excluding steroid dienone is 1. The van der Waals surface area contributed by atoms with E-state index in [-0.39, 0.29) is 5.78 Å². The summed E-state index contributed by atoms with van der Waals surface area (Å²) in [6, 6.07) is 11.1. The molecule has 17 heavy (non-hydrogen) atoms. The zero-order chi connectivity index (χ0) is 12.3. The highest BCUT2D eigenvalue weighted by atomic mass is 35.5. The number of ketones is 1. The van der Waals surface area contributed by atoms with Crippen LogP contribution in [0.2, 0.25) is 5.02 Å². The zero-order valence-corrected chi connectivity index (χ0v) is 10.1. The summed E-state index contributed by atoms with van der Waals surface area (Å²) in [4.78, 5) is 10.8. The molecule has 0 amide bonds. The van der Waals surface area contributed by atoms with Crippen molar-refractivity contribution in [2.45, 2.75) is 6.92 Å². The summed E-state index contributed by atoms with van der Waals surface area (Å²) in [6.45, 7) is 1.50. The number of carbonyl (C=O) groups is 1. The Bertz CT molecular complexity index is 550. The van der Waals surface area contributed by atoms with Gasteiger partial charge in [0.15, 0.2) is 5.78 Å². The van der Waals surface area contributed by atoms with Gasteiger partial charge in [0, 0.05) is 10.6 Å². The quantitative estimate of drug-likeness (QED) is 0.760. The predicted molar refractivity (Wildman–Crippen MR) is 68.9 cm³/mol. The van der Waals surface area contributed by atoms with Crippen LogP contribution in [0.1, 0.15) is 12.7 Å². The van der Waals surface area contributed by atoms with E-state index in [1.165, 1.54) is 13.0 Å². The lowest BCUT2D eigenvalue weighted by atomic mass is 10.2. The van der Waals surface area contributed by atoms with Crippen molar-refractivity contribution in [3.05, 3.63) is 53.3 Å². The van der Waals surface area contributed by atoms with Gasteiger partial charge in [-0.25, -0.2) is 0 Å². The van der Waals surface area contributed by atoms with Crippen molar-refractivity contribution in [3.8, 4) is 11.3 Å². The van der Waals surface area contributed by atoms with Gasteiger partial charge in [-0.05, 0) is 55.5 Å². The summed E-state index contributed by atoms with van der Waals surface area (Å²) < 4.78 is 5.58. The van der Waals surface area contributed by atoms with E-state index in [2.05, 4.69) is 0 Å². The fourth-order valence-corrected chi connectivity index (χ4v) is 1.54. The maximum Gasteiger partial charge on any atom is 0.152 e. The predicted octanol–water partition coefficient (Wildman–Crippen LogP) is 4.20. The average molecular weight is 247 g/mol. The van der Waals surface area contributed by atoms with Crippen molar-refractivity contribution in [1.82, 2.24) is 0 Å². The van der Waals surface area contributed by atoms with Gasteiger partial charge >= 0.3 is 0 Å². The fourth-order valence-electron chi connectivity index (χ4n) is 1.41. The van der Waals surface area contributed by atoms with Crippen LogP contribution in [0.4, 0.5) is 0 Å². The topological polar surface area (TPSA) is 30.2 Å². The van der Waals surface area contributed by atoms with Crippen molar-refractivity contribution in [1.29, 1.82) is 0 Å². The minimum atomic E-state index is -0.00515. The van der Waals surface area contributed by atoms with Crippen molar-refractivity contribution in [2.75, 3.05) is 0 Å². The van der Waals surface area contributed by atoms with E-state index >= 15 is 0 Å².